The van der Waals surface area contributed by atoms with E-state index in [1.807, 2.05) is 24.3 Å². The van der Waals surface area contributed by atoms with Crippen molar-refractivity contribution < 1.29 is 23.9 Å². The average Bonchev–Trinajstić information content (AvgIpc) is 2.84. The van der Waals surface area contributed by atoms with Crippen LogP contribution in [0.3, 0.4) is 0 Å². The van der Waals surface area contributed by atoms with Gasteiger partial charge in [-0.15, -0.1) is 0 Å². The van der Waals surface area contributed by atoms with Crippen LogP contribution in [-0.4, -0.2) is 48.7 Å². The van der Waals surface area contributed by atoms with Gasteiger partial charge in [0.2, 0.25) is 5.91 Å². The second-order valence-corrected chi connectivity index (χ2v) is 9.68. The van der Waals surface area contributed by atoms with Crippen LogP contribution in [0.4, 0.5) is 16.2 Å². The summed E-state index contributed by atoms with van der Waals surface area (Å²) in [6, 6.07) is 14.0. The molecule has 0 aromatic heterocycles. The number of piperidine rings is 1. The Bertz CT molecular complexity index is 1080. The van der Waals surface area contributed by atoms with Crippen molar-refractivity contribution >= 4 is 35.4 Å². The van der Waals surface area contributed by atoms with E-state index in [-0.39, 0.29) is 11.9 Å². The third kappa shape index (κ3) is 7.95. The van der Waals surface area contributed by atoms with E-state index in [1.165, 1.54) is 19.6 Å². The van der Waals surface area contributed by atoms with Crippen molar-refractivity contribution in [2.24, 2.45) is 0 Å². The van der Waals surface area contributed by atoms with Gasteiger partial charge in [0.15, 0.2) is 0 Å². The average molecular weight is 494 g/mol. The highest BCUT2D eigenvalue weighted by atomic mass is 16.6. The van der Waals surface area contributed by atoms with E-state index < -0.39 is 17.7 Å². The number of carbonyl (C=O) groups is 3. The molecule has 0 saturated carbocycles. The highest BCUT2D eigenvalue weighted by molar-refractivity contribution is 6.05. The van der Waals surface area contributed by atoms with Gasteiger partial charge in [-0.2, -0.15) is 0 Å². The Morgan fingerprint density at radius 2 is 1.53 bits per heavy atom. The van der Waals surface area contributed by atoms with Crippen molar-refractivity contribution in [2.75, 3.05) is 30.8 Å². The van der Waals surface area contributed by atoms with Gasteiger partial charge >= 0.3 is 12.1 Å². The molecule has 192 valence electrons. The lowest BCUT2D eigenvalue weighted by molar-refractivity contribution is -0.147. The van der Waals surface area contributed by atoms with E-state index in [0.29, 0.717) is 11.4 Å². The highest BCUT2D eigenvalue weighted by Crippen LogP contribution is 2.27. The lowest BCUT2D eigenvalue weighted by atomic mass is 10.0. The first-order valence-electron chi connectivity index (χ1n) is 12.2. The number of hydrogen-bond donors (Lipinski definition) is 2. The smallest absolute Gasteiger partial charge is 0.412 e. The molecular weight excluding hydrogens is 458 g/mol. The number of carbonyl (C=O) groups excluding carboxylic acids is 3. The fraction of sp³-hybridized carbons (Fsp3) is 0.393. The zero-order valence-electron chi connectivity index (χ0n) is 21.4. The molecule has 3 rings (SSSR count). The van der Waals surface area contributed by atoms with Gasteiger partial charge in [-0.25, -0.2) is 9.59 Å². The molecule has 0 aliphatic carbocycles. The number of anilines is 2. The molecule has 1 saturated heterocycles. The van der Waals surface area contributed by atoms with E-state index >= 15 is 0 Å². The van der Waals surface area contributed by atoms with Crippen molar-refractivity contribution in [1.82, 2.24) is 4.90 Å². The van der Waals surface area contributed by atoms with Gasteiger partial charge in [0, 0.05) is 6.08 Å². The summed E-state index contributed by atoms with van der Waals surface area (Å²) >= 11 is 0. The Morgan fingerprint density at radius 3 is 2.11 bits per heavy atom. The molecule has 8 nitrogen and oxygen atoms in total. The SMILES string of the molecule is COC(=O)C(c1ccc(/C=C/C(=O)Nc2ccccc2NC(=O)OC(C)(C)C)cc1)N1CCCCC1. The van der Waals surface area contributed by atoms with Gasteiger partial charge in [-0.1, -0.05) is 42.8 Å². The highest BCUT2D eigenvalue weighted by Gasteiger charge is 2.29. The van der Waals surface area contributed by atoms with Crippen LogP contribution in [0.5, 0.6) is 0 Å². The molecule has 2 amide bonds. The van der Waals surface area contributed by atoms with Gasteiger partial charge in [-0.05, 0) is 76.0 Å². The van der Waals surface area contributed by atoms with Gasteiger partial charge < -0.3 is 14.8 Å². The van der Waals surface area contributed by atoms with E-state index in [2.05, 4.69) is 15.5 Å². The Balaban J connectivity index is 1.65. The predicted octanol–water partition coefficient (Wildman–Crippen LogP) is 5.39. The molecule has 2 aromatic carbocycles. The normalized spacial score (nSPS) is 15.2. The molecule has 0 spiro atoms. The quantitative estimate of drug-likeness (QED) is 0.397. The zero-order chi connectivity index (χ0) is 26.1. The van der Waals surface area contributed by atoms with Crippen molar-refractivity contribution in [1.29, 1.82) is 0 Å². The summed E-state index contributed by atoms with van der Waals surface area (Å²) in [5, 5.41) is 5.44. The Labute approximate surface area is 212 Å². The summed E-state index contributed by atoms with van der Waals surface area (Å²) in [5.41, 5.74) is 1.94. The first kappa shape index (κ1) is 26.9. The minimum absolute atomic E-state index is 0.266. The van der Waals surface area contributed by atoms with E-state index in [9.17, 15) is 14.4 Å². The number of rotatable bonds is 7. The molecule has 1 atom stereocenters. The number of para-hydroxylation sites is 2. The lowest BCUT2D eigenvalue weighted by Gasteiger charge is -2.33. The van der Waals surface area contributed by atoms with Crippen LogP contribution in [0.15, 0.2) is 54.6 Å². The van der Waals surface area contributed by atoms with Gasteiger partial charge in [0.25, 0.3) is 0 Å². The van der Waals surface area contributed by atoms with Crippen LogP contribution in [-0.2, 0) is 19.1 Å². The predicted molar refractivity (Wildman–Crippen MR) is 141 cm³/mol. The number of methoxy groups -OCH3 is 1. The van der Waals surface area contributed by atoms with Crippen LogP contribution in [0, 0.1) is 0 Å². The number of ether oxygens (including phenoxy) is 2. The van der Waals surface area contributed by atoms with E-state index in [1.54, 1.807) is 51.1 Å². The van der Waals surface area contributed by atoms with Gasteiger partial charge in [0.05, 0.1) is 18.5 Å². The maximum atomic E-state index is 12.6. The molecule has 2 N–H and O–H groups in total. The molecule has 1 unspecified atom stereocenters. The lowest BCUT2D eigenvalue weighted by Crippen LogP contribution is -2.38. The molecule has 2 aromatic rings. The second kappa shape index (κ2) is 12.4. The Hall–Kier alpha value is -3.65. The summed E-state index contributed by atoms with van der Waals surface area (Å²) in [7, 11) is 1.41. The van der Waals surface area contributed by atoms with Crippen molar-refractivity contribution in [2.45, 2.75) is 51.7 Å². The van der Waals surface area contributed by atoms with Crippen molar-refractivity contribution in [3.05, 3.63) is 65.7 Å². The standard InChI is InChI=1S/C28H35N3O5/c1-28(2,3)36-27(34)30-23-11-7-6-10-22(23)29-24(32)17-14-20-12-15-21(16-13-20)25(26(33)35-4)31-18-8-5-9-19-31/h6-7,10-17,25H,5,8-9,18-19H2,1-4H3,(H,29,32)(H,30,34)/b17-14+. The molecule has 36 heavy (non-hydrogen) atoms. The molecule has 1 fully saturated rings. The van der Waals surface area contributed by atoms with Gasteiger partial charge in [-0.3, -0.25) is 15.0 Å². The Morgan fingerprint density at radius 1 is 0.917 bits per heavy atom. The Kier molecular flexibility index (Phi) is 9.25. The molecule has 8 heteroatoms. The summed E-state index contributed by atoms with van der Waals surface area (Å²) < 4.78 is 10.3. The topological polar surface area (TPSA) is 97.0 Å². The fourth-order valence-corrected chi connectivity index (χ4v) is 4.03. The number of likely N-dealkylation sites (tertiary alicyclic amines) is 1. The van der Waals surface area contributed by atoms with Crippen molar-refractivity contribution in [3.8, 4) is 0 Å². The monoisotopic (exact) mass is 493 g/mol. The molecule has 1 aliphatic heterocycles. The third-order valence-electron chi connectivity index (χ3n) is 5.68. The maximum Gasteiger partial charge on any atom is 0.412 e. The minimum Gasteiger partial charge on any atom is -0.468 e. The number of nitrogens with zero attached hydrogens (tertiary/aromatic N) is 1. The summed E-state index contributed by atoms with van der Waals surface area (Å²) in [6.45, 7) is 7.07. The molecular formula is C28H35N3O5. The minimum atomic E-state index is -0.634. The summed E-state index contributed by atoms with van der Waals surface area (Å²) in [6.07, 6.45) is 5.82. The molecule has 0 bridgehead atoms. The van der Waals surface area contributed by atoms with Crippen LogP contribution >= 0.6 is 0 Å². The van der Waals surface area contributed by atoms with Crippen molar-refractivity contribution in [3.63, 3.8) is 0 Å². The summed E-state index contributed by atoms with van der Waals surface area (Å²) in [4.78, 5) is 39.3. The fourth-order valence-electron chi connectivity index (χ4n) is 4.03. The molecule has 1 heterocycles. The van der Waals surface area contributed by atoms with Crippen LogP contribution in [0.1, 0.15) is 57.2 Å². The zero-order valence-corrected chi connectivity index (χ0v) is 21.4. The molecule has 0 radical (unpaired) electrons. The number of hydrogen-bond acceptors (Lipinski definition) is 6. The number of benzene rings is 2. The number of esters is 1. The summed E-state index contributed by atoms with van der Waals surface area (Å²) in [5.74, 6) is -0.614. The largest absolute Gasteiger partial charge is 0.468 e. The second-order valence-electron chi connectivity index (χ2n) is 9.68. The van der Waals surface area contributed by atoms with Crippen LogP contribution in [0.2, 0.25) is 0 Å². The maximum absolute atomic E-state index is 12.6. The van der Waals surface area contributed by atoms with Crippen LogP contribution in [0.25, 0.3) is 6.08 Å². The van der Waals surface area contributed by atoms with E-state index in [4.69, 9.17) is 9.47 Å². The number of nitrogens with one attached hydrogen (secondary N) is 2. The van der Waals surface area contributed by atoms with Gasteiger partial charge in [0.1, 0.15) is 11.6 Å². The number of amides is 2. The third-order valence-corrected chi connectivity index (χ3v) is 5.68. The van der Waals surface area contributed by atoms with Crippen LogP contribution < -0.4 is 10.6 Å². The first-order valence-corrected chi connectivity index (χ1v) is 12.2. The first-order chi connectivity index (χ1) is 17.2. The van der Waals surface area contributed by atoms with E-state index in [0.717, 1.165) is 37.1 Å². The molecule has 1 aliphatic rings.